The van der Waals surface area contributed by atoms with Crippen LogP contribution in [0.4, 0.5) is 11.4 Å². The average Bonchev–Trinajstić information content (AvgIpc) is 3.27. The van der Waals surface area contributed by atoms with Crippen LogP contribution in [0.2, 0.25) is 0 Å². The quantitative estimate of drug-likeness (QED) is 0.273. The lowest BCUT2D eigenvalue weighted by Gasteiger charge is -2.24. The van der Waals surface area contributed by atoms with Gasteiger partial charge in [0, 0.05) is 18.0 Å². The first-order valence-electron chi connectivity index (χ1n) is 12.4. The van der Waals surface area contributed by atoms with Gasteiger partial charge in [0.05, 0.1) is 31.4 Å². The van der Waals surface area contributed by atoms with Crippen LogP contribution in [0, 0.1) is 6.92 Å². The van der Waals surface area contributed by atoms with Gasteiger partial charge < -0.3 is 23.9 Å². The second kappa shape index (κ2) is 11.7. The maximum atomic E-state index is 14.2. The van der Waals surface area contributed by atoms with E-state index in [9.17, 15) is 22.8 Å². The van der Waals surface area contributed by atoms with Crippen LogP contribution >= 0.6 is 0 Å². The minimum atomic E-state index is -4.59. The summed E-state index contributed by atoms with van der Waals surface area (Å²) in [6.45, 7) is 4.68. The molecule has 3 aromatic carbocycles. The lowest BCUT2D eigenvalue weighted by molar-refractivity contribution is -0.114. The Labute approximate surface area is 236 Å². The predicted molar refractivity (Wildman–Crippen MR) is 151 cm³/mol. The zero-order valence-corrected chi connectivity index (χ0v) is 23.8. The number of hydrogen-bond acceptors (Lipinski definition) is 9. The van der Waals surface area contributed by atoms with Crippen molar-refractivity contribution in [2.45, 2.75) is 25.7 Å². The molecule has 1 N–H and O–H groups in total. The SMILES string of the molecule is CCOC(=O)c1c(C)oc2ccc(N(C(=O)c3c(OC)cccc3OC)S(=O)(=O)c3ccc(NC(C)=O)cc3)cc12. The molecule has 0 aliphatic rings. The van der Waals surface area contributed by atoms with Crippen LogP contribution in [-0.4, -0.2) is 47.0 Å². The predicted octanol–water partition coefficient (Wildman–Crippen LogP) is 4.93. The highest BCUT2D eigenvalue weighted by Gasteiger charge is 2.36. The van der Waals surface area contributed by atoms with Crippen LogP contribution < -0.4 is 19.1 Å². The first-order valence-corrected chi connectivity index (χ1v) is 13.9. The van der Waals surface area contributed by atoms with Crippen LogP contribution in [0.15, 0.2) is 70.0 Å². The summed E-state index contributed by atoms with van der Waals surface area (Å²) in [6, 6.07) is 14.2. The van der Waals surface area contributed by atoms with Crippen molar-refractivity contribution in [2.75, 3.05) is 30.4 Å². The van der Waals surface area contributed by atoms with E-state index in [4.69, 9.17) is 18.6 Å². The highest BCUT2D eigenvalue weighted by molar-refractivity contribution is 7.93. The molecule has 4 aromatic rings. The second-order valence-corrected chi connectivity index (χ2v) is 10.5. The molecule has 0 aliphatic carbocycles. The van der Waals surface area contributed by atoms with Gasteiger partial charge in [-0.3, -0.25) is 9.59 Å². The van der Waals surface area contributed by atoms with Crippen molar-refractivity contribution in [3.63, 3.8) is 0 Å². The van der Waals surface area contributed by atoms with Crippen molar-refractivity contribution < 1.29 is 41.4 Å². The summed E-state index contributed by atoms with van der Waals surface area (Å²) >= 11 is 0. The molecule has 214 valence electrons. The van der Waals surface area contributed by atoms with Gasteiger partial charge >= 0.3 is 5.97 Å². The summed E-state index contributed by atoms with van der Waals surface area (Å²) in [7, 11) is -1.90. The molecule has 0 saturated carbocycles. The van der Waals surface area contributed by atoms with Gasteiger partial charge in [-0.05, 0) is 68.4 Å². The van der Waals surface area contributed by atoms with Gasteiger partial charge in [-0.2, -0.15) is 4.31 Å². The summed E-state index contributed by atoms with van der Waals surface area (Å²) in [5, 5.41) is 2.83. The lowest BCUT2D eigenvalue weighted by Crippen LogP contribution is -2.37. The van der Waals surface area contributed by atoms with E-state index in [1.165, 1.54) is 75.7 Å². The number of fused-ring (bicyclic) bond motifs is 1. The summed E-state index contributed by atoms with van der Waals surface area (Å²) in [6.07, 6.45) is 0. The Morgan fingerprint density at radius 3 is 2.12 bits per heavy atom. The molecule has 0 spiro atoms. The standard InChI is InChI=1S/C29H28N2O9S/c1-6-39-29(34)26-17(2)40-23-15-12-20(16-22(23)26)31(28(33)27-24(37-4)8-7-9-25(27)38-5)41(35,36)21-13-10-19(11-14-21)30-18(3)32/h7-16H,6H2,1-5H3,(H,30,32). The van der Waals surface area contributed by atoms with Crippen LogP contribution in [0.1, 0.15) is 40.3 Å². The van der Waals surface area contributed by atoms with Crippen molar-refractivity contribution in [3.05, 3.63) is 77.6 Å². The Morgan fingerprint density at radius 2 is 1.56 bits per heavy atom. The molecule has 0 radical (unpaired) electrons. The van der Waals surface area contributed by atoms with Crippen molar-refractivity contribution in [3.8, 4) is 11.5 Å². The molecule has 0 bridgehead atoms. The number of rotatable bonds is 9. The summed E-state index contributed by atoms with van der Waals surface area (Å²) in [4.78, 5) is 38.1. The minimum absolute atomic E-state index is 0.0762. The number of nitrogens with zero attached hydrogens (tertiary/aromatic N) is 1. The molecule has 0 fully saturated rings. The van der Waals surface area contributed by atoms with Gasteiger partial charge in [0.25, 0.3) is 15.9 Å². The van der Waals surface area contributed by atoms with E-state index in [2.05, 4.69) is 5.32 Å². The van der Waals surface area contributed by atoms with E-state index in [0.717, 1.165) is 0 Å². The second-order valence-electron chi connectivity index (χ2n) is 8.75. The molecule has 11 nitrogen and oxygen atoms in total. The third-order valence-corrected chi connectivity index (χ3v) is 7.83. The number of sulfonamides is 1. The summed E-state index contributed by atoms with van der Waals surface area (Å²) in [5.74, 6) is -1.51. The van der Waals surface area contributed by atoms with E-state index < -0.39 is 21.9 Å². The number of carbonyl (C=O) groups excluding carboxylic acids is 3. The number of aryl methyl sites for hydroxylation is 1. The van der Waals surface area contributed by atoms with Crippen LogP contribution in [0.3, 0.4) is 0 Å². The van der Waals surface area contributed by atoms with Gasteiger partial charge in [-0.15, -0.1) is 0 Å². The van der Waals surface area contributed by atoms with E-state index >= 15 is 0 Å². The maximum Gasteiger partial charge on any atom is 0.342 e. The first kappa shape index (κ1) is 29.2. The zero-order valence-electron chi connectivity index (χ0n) is 23.0. The third kappa shape index (κ3) is 5.59. The smallest absolute Gasteiger partial charge is 0.342 e. The number of carbonyl (C=O) groups is 3. The third-order valence-electron chi connectivity index (χ3n) is 6.10. The number of ether oxygens (including phenoxy) is 3. The molecule has 0 saturated heterocycles. The van der Waals surface area contributed by atoms with E-state index in [0.29, 0.717) is 15.6 Å². The fraction of sp³-hybridized carbons (Fsp3) is 0.207. The number of furan rings is 1. The molecular formula is C29H28N2O9S. The van der Waals surface area contributed by atoms with E-state index in [1.54, 1.807) is 19.9 Å². The molecule has 41 heavy (non-hydrogen) atoms. The highest BCUT2D eigenvalue weighted by atomic mass is 32.2. The average molecular weight is 581 g/mol. The summed E-state index contributed by atoms with van der Waals surface area (Å²) in [5.41, 5.74) is 0.574. The van der Waals surface area contributed by atoms with Crippen molar-refractivity contribution in [1.29, 1.82) is 0 Å². The highest BCUT2D eigenvalue weighted by Crippen LogP contribution is 2.37. The largest absolute Gasteiger partial charge is 0.496 e. The molecule has 12 heteroatoms. The van der Waals surface area contributed by atoms with Crippen molar-refractivity contribution in [2.24, 2.45) is 0 Å². The van der Waals surface area contributed by atoms with Gasteiger partial charge in [0.2, 0.25) is 5.91 Å². The molecule has 0 atom stereocenters. The lowest BCUT2D eigenvalue weighted by atomic mass is 10.1. The van der Waals surface area contributed by atoms with Crippen molar-refractivity contribution >= 4 is 50.2 Å². The van der Waals surface area contributed by atoms with E-state index in [1.807, 2.05) is 0 Å². The number of amides is 2. The Balaban J connectivity index is 1.97. The Kier molecular flexibility index (Phi) is 8.33. The number of hydrogen-bond donors (Lipinski definition) is 1. The number of esters is 1. The van der Waals surface area contributed by atoms with E-state index in [-0.39, 0.29) is 56.9 Å². The summed E-state index contributed by atoms with van der Waals surface area (Å²) < 4.78 is 50.6. The minimum Gasteiger partial charge on any atom is -0.496 e. The van der Waals surface area contributed by atoms with Crippen LogP contribution in [-0.2, 0) is 19.6 Å². The first-order chi connectivity index (χ1) is 19.5. The Hall–Kier alpha value is -4.84. The Bertz CT molecular complexity index is 1720. The maximum absolute atomic E-state index is 14.2. The zero-order chi connectivity index (χ0) is 29.9. The molecule has 0 unspecified atom stereocenters. The monoisotopic (exact) mass is 580 g/mol. The van der Waals surface area contributed by atoms with Crippen LogP contribution in [0.25, 0.3) is 11.0 Å². The number of methoxy groups -OCH3 is 2. The van der Waals surface area contributed by atoms with Gasteiger partial charge in [-0.1, -0.05) is 6.07 Å². The normalized spacial score (nSPS) is 11.1. The molecular weight excluding hydrogens is 552 g/mol. The molecule has 1 aromatic heterocycles. The number of anilines is 2. The molecule has 2 amide bonds. The number of nitrogens with one attached hydrogen (secondary N) is 1. The molecule has 0 aliphatic heterocycles. The topological polar surface area (TPSA) is 141 Å². The van der Waals surface area contributed by atoms with Gasteiger partial charge in [0.1, 0.15) is 34.0 Å². The molecule has 4 rings (SSSR count). The fourth-order valence-electron chi connectivity index (χ4n) is 4.34. The molecule has 1 heterocycles. The van der Waals surface area contributed by atoms with Gasteiger partial charge in [0.15, 0.2) is 0 Å². The fourth-order valence-corrected chi connectivity index (χ4v) is 5.73. The van der Waals surface area contributed by atoms with Crippen LogP contribution in [0.5, 0.6) is 11.5 Å². The Morgan fingerprint density at radius 1 is 0.927 bits per heavy atom. The van der Waals surface area contributed by atoms with Gasteiger partial charge in [-0.25, -0.2) is 13.2 Å². The van der Waals surface area contributed by atoms with Crippen molar-refractivity contribution in [1.82, 2.24) is 0 Å². The number of benzene rings is 3.